The van der Waals surface area contributed by atoms with Crippen molar-refractivity contribution in [3.63, 3.8) is 0 Å². The number of nitrogens with zero attached hydrogens (tertiary/aromatic N) is 2. The van der Waals surface area contributed by atoms with Gasteiger partial charge in [0.05, 0.1) is 0 Å². The summed E-state index contributed by atoms with van der Waals surface area (Å²) < 4.78 is 0. The van der Waals surface area contributed by atoms with E-state index < -0.39 is 0 Å². The van der Waals surface area contributed by atoms with E-state index in [0.29, 0.717) is 0 Å². The highest BCUT2D eigenvalue weighted by Gasteiger charge is 1.94. The zero-order valence-electron chi connectivity index (χ0n) is 6.33. The van der Waals surface area contributed by atoms with Crippen molar-refractivity contribution in [3.8, 4) is 0 Å². The van der Waals surface area contributed by atoms with E-state index in [1.54, 1.807) is 0 Å². The zero-order valence-corrected chi connectivity index (χ0v) is 6.33. The lowest BCUT2D eigenvalue weighted by Gasteiger charge is -1.87. The van der Waals surface area contributed by atoms with E-state index in [2.05, 4.69) is 15.4 Å². The predicted molar refractivity (Wildman–Crippen MR) is 43.6 cm³/mol. The van der Waals surface area contributed by atoms with Crippen molar-refractivity contribution in [3.05, 3.63) is 23.8 Å². The summed E-state index contributed by atoms with van der Waals surface area (Å²) in [6, 6.07) is 5.97. The SMILES string of the molecule is Cc1ccc2n[nH]nc2c1.N. The Morgan fingerprint density at radius 1 is 1.18 bits per heavy atom. The van der Waals surface area contributed by atoms with Crippen LogP contribution in [0.5, 0.6) is 0 Å². The highest BCUT2D eigenvalue weighted by Crippen LogP contribution is 2.08. The third-order valence-electron chi connectivity index (χ3n) is 1.47. The molecule has 0 bridgehead atoms. The molecule has 1 aromatic heterocycles. The Labute approximate surface area is 64.2 Å². The molecular formula is C7H10N4. The quantitative estimate of drug-likeness (QED) is 0.596. The van der Waals surface area contributed by atoms with Gasteiger partial charge in [-0.05, 0) is 24.6 Å². The van der Waals surface area contributed by atoms with Gasteiger partial charge in [-0.2, -0.15) is 15.4 Å². The lowest BCUT2D eigenvalue weighted by atomic mass is 10.2. The van der Waals surface area contributed by atoms with Gasteiger partial charge in [-0.3, -0.25) is 0 Å². The average Bonchev–Trinajstić information content (AvgIpc) is 2.33. The molecule has 4 heteroatoms. The molecule has 1 heterocycles. The minimum atomic E-state index is 0. The van der Waals surface area contributed by atoms with Gasteiger partial charge in [-0.15, -0.1) is 0 Å². The topological polar surface area (TPSA) is 76.6 Å². The second-order valence-corrected chi connectivity index (χ2v) is 2.32. The van der Waals surface area contributed by atoms with Gasteiger partial charge in [0.15, 0.2) is 0 Å². The maximum absolute atomic E-state index is 3.94. The van der Waals surface area contributed by atoms with E-state index in [0.717, 1.165) is 11.0 Å². The molecular weight excluding hydrogens is 140 g/mol. The number of fused-ring (bicyclic) bond motifs is 1. The fourth-order valence-corrected chi connectivity index (χ4v) is 0.950. The van der Waals surface area contributed by atoms with Crippen LogP contribution in [0.15, 0.2) is 18.2 Å². The molecule has 0 atom stereocenters. The van der Waals surface area contributed by atoms with E-state index in [-0.39, 0.29) is 6.15 Å². The van der Waals surface area contributed by atoms with Crippen molar-refractivity contribution in [2.24, 2.45) is 0 Å². The first-order chi connectivity index (χ1) is 4.86. The van der Waals surface area contributed by atoms with Gasteiger partial charge in [-0.1, -0.05) is 6.07 Å². The lowest BCUT2D eigenvalue weighted by Crippen LogP contribution is -1.71. The summed E-state index contributed by atoms with van der Waals surface area (Å²) in [4.78, 5) is 0. The molecule has 0 fully saturated rings. The molecule has 0 aliphatic carbocycles. The first-order valence-electron chi connectivity index (χ1n) is 3.13. The summed E-state index contributed by atoms with van der Waals surface area (Å²) in [5.74, 6) is 0. The maximum atomic E-state index is 3.94. The third kappa shape index (κ3) is 1.20. The molecule has 1 aromatic carbocycles. The first kappa shape index (κ1) is 7.68. The Hall–Kier alpha value is -1.42. The number of hydrogen-bond acceptors (Lipinski definition) is 3. The lowest BCUT2D eigenvalue weighted by molar-refractivity contribution is 0.959. The molecule has 4 N–H and O–H groups in total. The maximum Gasteiger partial charge on any atom is 0.113 e. The molecule has 0 unspecified atom stereocenters. The number of benzene rings is 1. The second-order valence-electron chi connectivity index (χ2n) is 2.32. The molecule has 2 aromatic rings. The van der Waals surface area contributed by atoms with E-state index in [1.807, 2.05) is 25.1 Å². The fraction of sp³-hybridized carbons (Fsp3) is 0.143. The molecule has 0 amide bonds. The third-order valence-corrected chi connectivity index (χ3v) is 1.47. The fourth-order valence-electron chi connectivity index (χ4n) is 0.950. The summed E-state index contributed by atoms with van der Waals surface area (Å²) >= 11 is 0. The van der Waals surface area contributed by atoms with Crippen LogP contribution in [0.4, 0.5) is 0 Å². The van der Waals surface area contributed by atoms with E-state index in [9.17, 15) is 0 Å². The number of rotatable bonds is 0. The van der Waals surface area contributed by atoms with Crippen LogP contribution in [0.25, 0.3) is 11.0 Å². The first-order valence-corrected chi connectivity index (χ1v) is 3.13. The molecule has 0 radical (unpaired) electrons. The molecule has 0 spiro atoms. The second kappa shape index (κ2) is 2.67. The van der Waals surface area contributed by atoms with Crippen molar-refractivity contribution in [2.45, 2.75) is 6.92 Å². The van der Waals surface area contributed by atoms with Gasteiger partial charge in [0.1, 0.15) is 11.0 Å². The predicted octanol–water partition coefficient (Wildman–Crippen LogP) is 1.43. The standard InChI is InChI=1S/C7H7N3.H3N/c1-5-2-3-6-7(4-5)9-10-8-6;/h2-4H,1H3,(H,8,9,10);1H3. The summed E-state index contributed by atoms with van der Waals surface area (Å²) in [6.45, 7) is 2.04. The number of H-pyrrole nitrogens is 1. The molecule has 0 aliphatic rings. The summed E-state index contributed by atoms with van der Waals surface area (Å²) in [5, 5.41) is 10.4. The van der Waals surface area contributed by atoms with Crippen LogP contribution in [-0.2, 0) is 0 Å². The van der Waals surface area contributed by atoms with Crippen LogP contribution in [0.2, 0.25) is 0 Å². The van der Waals surface area contributed by atoms with Gasteiger partial charge in [-0.25, -0.2) is 0 Å². The molecule has 2 rings (SSSR count). The van der Waals surface area contributed by atoms with Gasteiger partial charge >= 0.3 is 0 Å². The van der Waals surface area contributed by atoms with Crippen molar-refractivity contribution in [1.29, 1.82) is 0 Å². The Balaban J connectivity index is 0.000000605. The van der Waals surface area contributed by atoms with E-state index in [4.69, 9.17) is 0 Å². The van der Waals surface area contributed by atoms with Crippen molar-refractivity contribution >= 4 is 11.0 Å². The van der Waals surface area contributed by atoms with Gasteiger partial charge in [0.25, 0.3) is 0 Å². The highest BCUT2D eigenvalue weighted by atomic mass is 15.3. The van der Waals surface area contributed by atoms with Gasteiger partial charge in [0.2, 0.25) is 0 Å². The van der Waals surface area contributed by atoms with Crippen LogP contribution in [0.3, 0.4) is 0 Å². The Kier molecular flexibility index (Phi) is 1.87. The normalized spacial score (nSPS) is 9.55. The average molecular weight is 150 g/mol. The van der Waals surface area contributed by atoms with Crippen LogP contribution in [0.1, 0.15) is 5.56 Å². The summed E-state index contributed by atoms with van der Waals surface area (Å²) in [5.41, 5.74) is 3.06. The Morgan fingerprint density at radius 3 is 2.73 bits per heavy atom. The smallest absolute Gasteiger partial charge is 0.113 e. The van der Waals surface area contributed by atoms with Crippen molar-refractivity contribution in [2.75, 3.05) is 0 Å². The minimum absolute atomic E-state index is 0. The van der Waals surface area contributed by atoms with Crippen molar-refractivity contribution < 1.29 is 0 Å². The van der Waals surface area contributed by atoms with E-state index >= 15 is 0 Å². The number of aromatic nitrogens is 3. The monoisotopic (exact) mass is 150 g/mol. The largest absolute Gasteiger partial charge is 0.344 e. The zero-order chi connectivity index (χ0) is 6.97. The number of aryl methyl sites for hydroxylation is 1. The Morgan fingerprint density at radius 2 is 1.91 bits per heavy atom. The van der Waals surface area contributed by atoms with Gasteiger partial charge < -0.3 is 6.15 Å². The molecule has 11 heavy (non-hydrogen) atoms. The van der Waals surface area contributed by atoms with Crippen molar-refractivity contribution in [1.82, 2.24) is 21.6 Å². The molecule has 58 valence electrons. The molecule has 4 nitrogen and oxygen atoms in total. The Bertz CT molecular complexity index is 352. The molecule has 0 aliphatic heterocycles. The van der Waals surface area contributed by atoms with Gasteiger partial charge in [0, 0.05) is 0 Å². The van der Waals surface area contributed by atoms with E-state index in [1.165, 1.54) is 5.56 Å². The number of nitrogens with one attached hydrogen (secondary N) is 1. The van der Waals surface area contributed by atoms with Crippen LogP contribution in [0, 0.1) is 6.92 Å². The van der Waals surface area contributed by atoms with Crippen LogP contribution >= 0.6 is 0 Å². The highest BCUT2D eigenvalue weighted by molar-refractivity contribution is 5.73. The molecule has 0 saturated heterocycles. The summed E-state index contributed by atoms with van der Waals surface area (Å²) in [7, 11) is 0. The number of aromatic amines is 1. The van der Waals surface area contributed by atoms with Crippen LogP contribution in [-0.4, -0.2) is 15.4 Å². The van der Waals surface area contributed by atoms with Crippen LogP contribution < -0.4 is 6.15 Å². The number of hydrogen-bond donors (Lipinski definition) is 2. The minimum Gasteiger partial charge on any atom is -0.344 e. The molecule has 0 saturated carbocycles. The summed E-state index contributed by atoms with van der Waals surface area (Å²) in [6.07, 6.45) is 0.